The summed E-state index contributed by atoms with van der Waals surface area (Å²) < 4.78 is 5.85. The number of ether oxygens (including phenoxy) is 1. The molecular formula is C21H22N2O2S. The second kappa shape index (κ2) is 8.63. The fraction of sp³-hybridized carbons (Fsp3) is 0.238. The number of nitrogens with zero attached hydrogens (tertiary/aromatic N) is 1. The third kappa shape index (κ3) is 5.17. The SMILES string of the molecule is Cc1ccc(C)c(Oc2ccc(CNC(=O)CCc3ccsc3)cn2)c1. The number of benzene rings is 1. The number of amides is 1. The molecule has 0 aliphatic heterocycles. The van der Waals surface area contributed by atoms with Crippen molar-refractivity contribution in [2.45, 2.75) is 33.2 Å². The van der Waals surface area contributed by atoms with Gasteiger partial charge in [0.15, 0.2) is 0 Å². The minimum atomic E-state index is 0.0481. The summed E-state index contributed by atoms with van der Waals surface area (Å²) in [7, 11) is 0. The molecular weight excluding hydrogens is 344 g/mol. The highest BCUT2D eigenvalue weighted by Crippen LogP contribution is 2.24. The molecule has 0 unspecified atom stereocenters. The van der Waals surface area contributed by atoms with Crippen molar-refractivity contribution >= 4 is 17.2 Å². The molecule has 2 aromatic heterocycles. The Morgan fingerprint density at radius 3 is 2.77 bits per heavy atom. The second-order valence-corrected chi connectivity index (χ2v) is 7.06. The van der Waals surface area contributed by atoms with Crippen molar-refractivity contribution in [3.05, 3.63) is 75.6 Å². The van der Waals surface area contributed by atoms with Crippen molar-refractivity contribution in [3.63, 3.8) is 0 Å². The number of carbonyl (C=O) groups is 1. The molecule has 1 amide bonds. The molecule has 0 radical (unpaired) electrons. The van der Waals surface area contributed by atoms with Gasteiger partial charge in [-0.3, -0.25) is 4.79 Å². The maximum Gasteiger partial charge on any atom is 0.220 e. The van der Waals surface area contributed by atoms with E-state index in [2.05, 4.69) is 27.8 Å². The molecule has 5 heteroatoms. The van der Waals surface area contributed by atoms with Gasteiger partial charge in [0.2, 0.25) is 11.8 Å². The smallest absolute Gasteiger partial charge is 0.220 e. The summed E-state index contributed by atoms with van der Waals surface area (Å²) in [6.07, 6.45) is 3.01. The van der Waals surface area contributed by atoms with Gasteiger partial charge in [0.25, 0.3) is 0 Å². The van der Waals surface area contributed by atoms with Crippen molar-refractivity contribution in [1.82, 2.24) is 10.3 Å². The Hall–Kier alpha value is -2.66. The number of pyridine rings is 1. The van der Waals surface area contributed by atoms with E-state index in [0.29, 0.717) is 18.8 Å². The predicted molar refractivity (Wildman–Crippen MR) is 105 cm³/mol. The molecule has 3 rings (SSSR count). The normalized spacial score (nSPS) is 10.5. The number of hydrogen-bond acceptors (Lipinski definition) is 4. The van der Waals surface area contributed by atoms with Crippen LogP contribution in [0.2, 0.25) is 0 Å². The summed E-state index contributed by atoms with van der Waals surface area (Å²) in [5.74, 6) is 1.41. The maximum atomic E-state index is 11.9. The van der Waals surface area contributed by atoms with Gasteiger partial charge in [-0.1, -0.05) is 18.2 Å². The Labute approximate surface area is 157 Å². The maximum absolute atomic E-state index is 11.9. The fourth-order valence-corrected chi connectivity index (χ4v) is 3.19. The molecule has 26 heavy (non-hydrogen) atoms. The lowest BCUT2D eigenvalue weighted by molar-refractivity contribution is -0.121. The van der Waals surface area contributed by atoms with Crippen LogP contribution in [-0.2, 0) is 17.8 Å². The van der Waals surface area contributed by atoms with Crippen molar-refractivity contribution in [2.24, 2.45) is 0 Å². The molecule has 3 aromatic rings. The van der Waals surface area contributed by atoms with Crippen LogP contribution >= 0.6 is 11.3 Å². The zero-order valence-electron chi connectivity index (χ0n) is 15.0. The summed E-state index contributed by atoms with van der Waals surface area (Å²) in [4.78, 5) is 16.3. The van der Waals surface area contributed by atoms with Gasteiger partial charge in [-0.15, -0.1) is 0 Å². The van der Waals surface area contributed by atoms with Gasteiger partial charge in [0.1, 0.15) is 5.75 Å². The van der Waals surface area contributed by atoms with Gasteiger partial charge in [-0.25, -0.2) is 4.98 Å². The first-order valence-corrected chi connectivity index (χ1v) is 9.52. The Kier molecular flexibility index (Phi) is 6.02. The third-order valence-corrected chi connectivity index (χ3v) is 4.80. The van der Waals surface area contributed by atoms with E-state index in [-0.39, 0.29) is 5.91 Å². The van der Waals surface area contributed by atoms with Gasteiger partial charge in [-0.2, -0.15) is 11.3 Å². The Morgan fingerprint density at radius 2 is 2.04 bits per heavy atom. The minimum absolute atomic E-state index is 0.0481. The number of thiophene rings is 1. The quantitative estimate of drug-likeness (QED) is 0.653. The highest BCUT2D eigenvalue weighted by molar-refractivity contribution is 7.07. The van der Waals surface area contributed by atoms with E-state index in [9.17, 15) is 4.79 Å². The van der Waals surface area contributed by atoms with E-state index >= 15 is 0 Å². The van der Waals surface area contributed by atoms with Crippen LogP contribution in [0, 0.1) is 13.8 Å². The number of aromatic nitrogens is 1. The number of nitrogens with one attached hydrogen (secondary N) is 1. The lowest BCUT2D eigenvalue weighted by Gasteiger charge is -2.09. The molecule has 0 saturated heterocycles. The monoisotopic (exact) mass is 366 g/mol. The topological polar surface area (TPSA) is 51.2 Å². The van der Waals surface area contributed by atoms with Crippen LogP contribution in [-0.4, -0.2) is 10.9 Å². The van der Waals surface area contributed by atoms with Crippen molar-refractivity contribution in [1.29, 1.82) is 0 Å². The molecule has 0 bridgehead atoms. The van der Waals surface area contributed by atoms with Gasteiger partial charge >= 0.3 is 0 Å². The highest BCUT2D eigenvalue weighted by Gasteiger charge is 2.05. The van der Waals surface area contributed by atoms with Crippen LogP contribution in [0.3, 0.4) is 0 Å². The largest absolute Gasteiger partial charge is 0.439 e. The van der Waals surface area contributed by atoms with Crippen LogP contribution in [0.1, 0.15) is 28.7 Å². The van der Waals surface area contributed by atoms with Crippen LogP contribution in [0.15, 0.2) is 53.4 Å². The molecule has 0 aliphatic carbocycles. The molecule has 4 nitrogen and oxygen atoms in total. The summed E-state index contributed by atoms with van der Waals surface area (Å²) in [5.41, 5.74) is 4.37. The third-order valence-electron chi connectivity index (χ3n) is 4.07. The van der Waals surface area contributed by atoms with E-state index in [4.69, 9.17) is 4.74 Å². The molecule has 2 heterocycles. The number of hydrogen-bond donors (Lipinski definition) is 1. The standard InChI is InChI=1S/C21H22N2O2S/c1-15-3-4-16(2)19(11-15)25-21-8-6-18(13-23-21)12-22-20(24)7-5-17-9-10-26-14-17/h3-4,6,8-11,13-14H,5,7,12H2,1-2H3,(H,22,24). The van der Waals surface area contributed by atoms with E-state index in [1.807, 2.05) is 43.5 Å². The van der Waals surface area contributed by atoms with Crippen molar-refractivity contribution in [3.8, 4) is 11.6 Å². The fourth-order valence-electron chi connectivity index (χ4n) is 2.49. The first kappa shape index (κ1) is 18.1. The first-order valence-electron chi connectivity index (χ1n) is 8.58. The molecule has 0 saturated carbocycles. The van der Waals surface area contributed by atoms with E-state index in [0.717, 1.165) is 28.9 Å². The average molecular weight is 366 g/mol. The zero-order valence-corrected chi connectivity index (χ0v) is 15.8. The van der Waals surface area contributed by atoms with Crippen molar-refractivity contribution < 1.29 is 9.53 Å². The number of aryl methyl sites for hydroxylation is 3. The van der Waals surface area contributed by atoms with Gasteiger partial charge in [-0.05, 0) is 65.4 Å². The van der Waals surface area contributed by atoms with Crippen molar-refractivity contribution in [2.75, 3.05) is 0 Å². The molecule has 0 spiro atoms. The molecule has 1 aromatic carbocycles. The van der Waals surface area contributed by atoms with Gasteiger partial charge in [0, 0.05) is 25.2 Å². The van der Waals surface area contributed by atoms with Crippen LogP contribution in [0.25, 0.3) is 0 Å². The van der Waals surface area contributed by atoms with E-state index in [1.165, 1.54) is 5.56 Å². The summed E-state index contributed by atoms with van der Waals surface area (Å²) in [6, 6.07) is 11.9. The summed E-state index contributed by atoms with van der Waals surface area (Å²) in [5, 5.41) is 7.03. The number of rotatable bonds is 7. The van der Waals surface area contributed by atoms with E-state index in [1.54, 1.807) is 17.5 Å². The lowest BCUT2D eigenvalue weighted by atomic mass is 10.1. The van der Waals surface area contributed by atoms with Crippen LogP contribution in [0.5, 0.6) is 11.6 Å². The molecule has 0 fully saturated rings. The van der Waals surface area contributed by atoms with E-state index < -0.39 is 0 Å². The molecule has 134 valence electrons. The van der Waals surface area contributed by atoms with Gasteiger partial charge < -0.3 is 10.1 Å². The Morgan fingerprint density at radius 1 is 1.15 bits per heavy atom. The minimum Gasteiger partial charge on any atom is -0.439 e. The predicted octanol–water partition coefficient (Wildman–Crippen LogP) is 4.80. The van der Waals surface area contributed by atoms with Crippen LogP contribution < -0.4 is 10.1 Å². The summed E-state index contributed by atoms with van der Waals surface area (Å²) >= 11 is 1.65. The molecule has 1 N–H and O–H groups in total. The highest BCUT2D eigenvalue weighted by atomic mass is 32.1. The lowest BCUT2D eigenvalue weighted by Crippen LogP contribution is -2.23. The van der Waals surface area contributed by atoms with Gasteiger partial charge in [0.05, 0.1) is 0 Å². The first-order chi connectivity index (χ1) is 12.6. The molecule has 0 atom stereocenters. The second-order valence-electron chi connectivity index (χ2n) is 6.28. The average Bonchev–Trinajstić information content (AvgIpc) is 3.16. The molecule has 0 aliphatic rings. The number of carbonyl (C=O) groups excluding carboxylic acids is 1. The van der Waals surface area contributed by atoms with Crippen LogP contribution in [0.4, 0.5) is 0 Å². The zero-order chi connectivity index (χ0) is 18.4. The Balaban J connectivity index is 1.49. The summed E-state index contributed by atoms with van der Waals surface area (Å²) in [6.45, 7) is 4.51. The Bertz CT molecular complexity index is 858.